The molecule has 29 heavy (non-hydrogen) atoms. The molecule has 9 nitrogen and oxygen atoms in total. The van der Waals surface area contributed by atoms with Gasteiger partial charge in [0.2, 0.25) is 0 Å². The molecular formula is C20H23N3O6. The van der Waals surface area contributed by atoms with Crippen molar-refractivity contribution in [2.75, 3.05) is 17.7 Å². The topological polar surface area (TPSA) is 120 Å². The van der Waals surface area contributed by atoms with E-state index in [2.05, 4.69) is 10.6 Å². The van der Waals surface area contributed by atoms with E-state index in [4.69, 9.17) is 9.47 Å². The van der Waals surface area contributed by atoms with Gasteiger partial charge in [0.15, 0.2) is 0 Å². The number of anilines is 2. The van der Waals surface area contributed by atoms with Crippen LogP contribution in [0.4, 0.5) is 21.9 Å². The number of hydrogen-bond donors (Lipinski definition) is 2. The summed E-state index contributed by atoms with van der Waals surface area (Å²) in [6, 6.07) is 8.88. The van der Waals surface area contributed by atoms with Gasteiger partial charge in [-0.15, -0.1) is 0 Å². The summed E-state index contributed by atoms with van der Waals surface area (Å²) in [5, 5.41) is 16.3. The molecule has 0 saturated heterocycles. The highest BCUT2D eigenvalue weighted by Crippen LogP contribution is 2.29. The maximum atomic E-state index is 12.5. The van der Waals surface area contributed by atoms with Crippen molar-refractivity contribution in [3.05, 3.63) is 57.6 Å². The van der Waals surface area contributed by atoms with E-state index in [0.717, 1.165) is 0 Å². The molecule has 0 spiro atoms. The van der Waals surface area contributed by atoms with Crippen LogP contribution in [0.3, 0.4) is 0 Å². The predicted octanol–water partition coefficient (Wildman–Crippen LogP) is 4.51. The lowest BCUT2D eigenvalue weighted by atomic mass is 10.1. The van der Waals surface area contributed by atoms with Gasteiger partial charge in [-0.25, -0.2) is 4.79 Å². The van der Waals surface area contributed by atoms with Gasteiger partial charge in [0.25, 0.3) is 11.6 Å². The fraction of sp³-hybridized carbons (Fsp3) is 0.300. The smallest absolute Gasteiger partial charge is 0.412 e. The zero-order valence-corrected chi connectivity index (χ0v) is 16.9. The Labute approximate surface area is 168 Å². The van der Waals surface area contributed by atoms with Gasteiger partial charge in [-0.2, -0.15) is 0 Å². The Bertz CT molecular complexity index is 950. The molecule has 9 heteroatoms. The molecule has 2 aromatic carbocycles. The number of aryl methyl sites for hydroxylation is 1. The van der Waals surface area contributed by atoms with Crippen molar-refractivity contribution in [1.29, 1.82) is 0 Å². The number of hydrogen-bond acceptors (Lipinski definition) is 6. The fourth-order valence-electron chi connectivity index (χ4n) is 2.45. The highest BCUT2D eigenvalue weighted by molar-refractivity contribution is 6.05. The van der Waals surface area contributed by atoms with Crippen LogP contribution in [-0.4, -0.2) is 29.6 Å². The van der Waals surface area contributed by atoms with Crippen LogP contribution >= 0.6 is 0 Å². The molecule has 0 aliphatic rings. The molecule has 0 saturated carbocycles. The third-order valence-electron chi connectivity index (χ3n) is 3.76. The number of carbonyl (C=O) groups excluding carboxylic acids is 2. The van der Waals surface area contributed by atoms with Crippen LogP contribution in [0.2, 0.25) is 0 Å². The summed E-state index contributed by atoms with van der Waals surface area (Å²) in [6.45, 7) is 6.81. The Morgan fingerprint density at radius 3 is 2.34 bits per heavy atom. The Kier molecular flexibility index (Phi) is 6.42. The molecule has 2 rings (SSSR count). The maximum Gasteiger partial charge on any atom is 0.412 e. The van der Waals surface area contributed by atoms with Gasteiger partial charge in [-0.3, -0.25) is 20.2 Å². The lowest BCUT2D eigenvalue weighted by Gasteiger charge is -2.20. The lowest BCUT2D eigenvalue weighted by molar-refractivity contribution is -0.385. The second-order valence-corrected chi connectivity index (χ2v) is 7.25. The quantitative estimate of drug-likeness (QED) is 0.562. The number of nitrogens with zero attached hydrogens (tertiary/aromatic N) is 1. The number of nitro groups is 1. The highest BCUT2D eigenvalue weighted by atomic mass is 16.6. The number of amides is 2. The summed E-state index contributed by atoms with van der Waals surface area (Å²) >= 11 is 0. The second kappa shape index (κ2) is 8.59. The van der Waals surface area contributed by atoms with E-state index < -0.39 is 22.5 Å². The molecule has 0 aliphatic heterocycles. The number of benzene rings is 2. The Morgan fingerprint density at radius 1 is 1.07 bits per heavy atom. The fourth-order valence-corrected chi connectivity index (χ4v) is 2.45. The highest BCUT2D eigenvalue weighted by Gasteiger charge is 2.19. The molecule has 2 amide bonds. The second-order valence-electron chi connectivity index (χ2n) is 7.25. The average Bonchev–Trinajstić information content (AvgIpc) is 2.60. The zero-order chi connectivity index (χ0) is 21.8. The molecule has 0 radical (unpaired) electrons. The number of nitro benzene ring substituents is 1. The van der Waals surface area contributed by atoms with E-state index in [1.54, 1.807) is 39.8 Å². The van der Waals surface area contributed by atoms with Crippen molar-refractivity contribution in [2.45, 2.75) is 33.3 Å². The average molecular weight is 401 g/mol. The molecular weight excluding hydrogens is 378 g/mol. The summed E-state index contributed by atoms with van der Waals surface area (Å²) in [6.07, 6.45) is -0.673. The minimum Gasteiger partial charge on any atom is -0.495 e. The molecule has 2 aromatic rings. The normalized spacial score (nSPS) is 10.8. The first kappa shape index (κ1) is 21.7. The minimum absolute atomic E-state index is 0.139. The van der Waals surface area contributed by atoms with Gasteiger partial charge in [-0.1, -0.05) is 6.07 Å². The predicted molar refractivity (Wildman–Crippen MR) is 109 cm³/mol. The Balaban J connectivity index is 2.23. The monoisotopic (exact) mass is 401 g/mol. The van der Waals surface area contributed by atoms with Crippen molar-refractivity contribution in [3.8, 4) is 5.75 Å². The number of rotatable bonds is 5. The maximum absolute atomic E-state index is 12.5. The van der Waals surface area contributed by atoms with Crippen LogP contribution in [0.5, 0.6) is 5.75 Å². The van der Waals surface area contributed by atoms with Gasteiger partial charge < -0.3 is 14.8 Å². The third-order valence-corrected chi connectivity index (χ3v) is 3.76. The van der Waals surface area contributed by atoms with Gasteiger partial charge in [-0.05, 0) is 52.0 Å². The van der Waals surface area contributed by atoms with Crippen LogP contribution in [-0.2, 0) is 4.74 Å². The number of ether oxygens (including phenoxy) is 2. The van der Waals surface area contributed by atoms with E-state index in [9.17, 15) is 19.7 Å². The van der Waals surface area contributed by atoms with E-state index in [-0.39, 0.29) is 11.3 Å². The molecule has 0 atom stereocenters. The molecule has 0 aromatic heterocycles. The minimum atomic E-state index is -0.677. The van der Waals surface area contributed by atoms with Crippen LogP contribution in [0.25, 0.3) is 0 Å². The molecule has 0 bridgehead atoms. The lowest BCUT2D eigenvalue weighted by Crippen LogP contribution is -2.27. The SMILES string of the molecule is COc1ccc(NC(=O)c2ccc(C)c([N+](=O)[O-])c2)cc1NC(=O)OC(C)(C)C. The number of methoxy groups -OCH3 is 1. The van der Waals surface area contributed by atoms with Crippen LogP contribution in [0.1, 0.15) is 36.7 Å². The Morgan fingerprint density at radius 2 is 1.76 bits per heavy atom. The zero-order valence-electron chi connectivity index (χ0n) is 16.9. The molecule has 0 heterocycles. The van der Waals surface area contributed by atoms with Crippen molar-refractivity contribution in [3.63, 3.8) is 0 Å². The number of carbonyl (C=O) groups is 2. The van der Waals surface area contributed by atoms with Gasteiger partial charge in [0.1, 0.15) is 11.4 Å². The van der Waals surface area contributed by atoms with Crippen LogP contribution in [0.15, 0.2) is 36.4 Å². The molecule has 2 N–H and O–H groups in total. The van der Waals surface area contributed by atoms with Crippen molar-refractivity contribution in [2.24, 2.45) is 0 Å². The van der Waals surface area contributed by atoms with Gasteiger partial charge >= 0.3 is 6.09 Å². The van der Waals surface area contributed by atoms with E-state index in [1.807, 2.05) is 0 Å². The van der Waals surface area contributed by atoms with E-state index in [0.29, 0.717) is 22.7 Å². The molecule has 154 valence electrons. The van der Waals surface area contributed by atoms with Crippen molar-refractivity contribution < 1.29 is 24.0 Å². The van der Waals surface area contributed by atoms with Crippen molar-refractivity contribution in [1.82, 2.24) is 0 Å². The summed E-state index contributed by atoms with van der Waals surface area (Å²) in [5.41, 5.74) is 0.447. The van der Waals surface area contributed by atoms with E-state index >= 15 is 0 Å². The molecule has 0 fully saturated rings. The first-order valence-corrected chi connectivity index (χ1v) is 8.74. The largest absolute Gasteiger partial charge is 0.495 e. The summed E-state index contributed by atoms with van der Waals surface area (Å²) in [7, 11) is 1.44. The molecule has 0 unspecified atom stereocenters. The van der Waals surface area contributed by atoms with Crippen molar-refractivity contribution >= 4 is 29.1 Å². The first-order valence-electron chi connectivity index (χ1n) is 8.74. The van der Waals surface area contributed by atoms with Crippen LogP contribution < -0.4 is 15.4 Å². The van der Waals surface area contributed by atoms with Gasteiger partial charge in [0, 0.05) is 22.9 Å². The summed E-state index contributed by atoms with van der Waals surface area (Å²) in [4.78, 5) is 35.1. The van der Waals surface area contributed by atoms with Crippen LogP contribution in [0, 0.1) is 17.0 Å². The third kappa shape index (κ3) is 5.93. The summed E-state index contributed by atoms with van der Waals surface area (Å²) < 4.78 is 10.4. The summed E-state index contributed by atoms with van der Waals surface area (Å²) in [5.74, 6) is -0.152. The molecule has 0 aliphatic carbocycles. The first-order chi connectivity index (χ1) is 13.5. The standard InChI is InChI=1S/C20H23N3O6/c1-12-6-7-13(10-16(12)23(26)27)18(24)21-14-8-9-17(28-5)15(11-14)22-19(25)29-20(2,3)4/h6-11H,1-5H3,(H,21,24)(H,22,25). The Hall–Kier alpha value is -3.62. The number of nitrogens with one attached hydrogen (secondary N) is 2. The van der Waals surface area contributed by atoms with Gasteiger partial charge in [0.05, 0.1) is 17.7 Å². The van der Waals surface area contributed by atoms with E-state index in [1.165, 1.54) is 31.4 Å².